The van der Waals surface area contributed by atoms with Gasteiger partial charge in [0, 0.05) is 11.6 Å². The molecule has 0 saturated heterocycles. The van der Waals surface area contributed by atoms with Crippen molar-refractivity contribution in [1.82, 2.24) is 10.6 Å². The van der Waals surface area contributed by atoms with Crippen molar-refractivity contribution in [1.29, 1.82) is 0 Å². The first-order valence-corrected chi connectivity index (χ1v) is 7.11. The molecule has 110 valence electrons. The Balaban J connectivity index is 2.24. The molecule has 0 aliphatic heterocycles. The minimum atomic E-state index is -0.694. The fraction of sp³-hybridized carbons (Fsp3) is 0.857. The highest BCUT2D eigenvalue weighted by molar-refractivity contribution is 5.78. The molecule has 0 heterocycles. The molecule has 1 amide bonds. The molecule has 1 aliphatic carbocycles. The van der Waals surface area contributed by atoms with Crippen molar-refractivity contribution in [2.75, 3.05) is 6.54 Å². The second-order valence-corrected chi connectivity index (χ2v) is 6.05. The SMILES string of the molecule is CCC(C)(C)NC(=O)CNC1CCC(C(=O)O)CC1. The minimum Gasteiger partial charge on any atom is -0.481 e. The van der Waals surface area contributed by atoms with E-state index in [9.17, 15) is 9.59 Å². The van der Waals surface area contributed by atoms with Gasteiger partial charge in [-0.25, -0.2) is 0 Å². The Labute approximate surface area is 115 Å². The molecule has 0 unspecified atom stereocenters. The molecule has 1 fully saturated rings. The number of carbonyl (C=O) groups is 2. The van der Waals surface area contributed by atoms with Crippen molar-refractivity contribution >= 4 is 11.9 Å². The predicted molar refractivity (Wildman–Crippen MR) is 73.9 cm³/mol. The van der Waals surface area contributed by atoms with Crippen LogP contribution in [0.25, 0.3) is 0 Å². The Kier molecular flexibility index (Phi) is 5.79. The van der Waals surface area contributed by atoms with Gasteiger partial charge in [0.05, 0.1) is 12.5 Å². The van der Waals surface area contributed by atoms with E-state index in [0.29, 0.717) is 19.4 Å². The van der Waals surface area contributed by atoms with Crippen molar-refractivity contribution in [3.05, 3.63) is 0 Å². The summed E-state index contributed by atoms with van der Waals surface area (Å²) < 4.78 is 0. The van der Waals surface area contributed by atoms with Crippen LogP contribution in [0.2, 0.25) is 0 Å². The number of nitrogens with one attached hydrogen (secondary N) is 2. The quantitative estimate of drug-likeness (QED) is 0.684. The molecule has 0 aromatic carbocycles. The van der Waals surface area contributed by atoms with E-state index in [1.165, 1.54) is 0 Å². The van der Waals surface area contributed by atoms with Crippen molar-refractivity contribution in [3.8, 4) is 0 Å². The highest BCUT2D eigenvalue weighted by Gasteiger charge is 2.26. The van der Waals surface area contributed by atoms with Gasteiger partial charge in [0.25, 0.3) is 0 Å². The summed E-state index contributed by atoms with van der Waals surface area (Å²) in [5.74, 6) is -0.890. The molecule has 0 atom stereocenters. The highest BCUT2D eigenvalue weighted by Crippen LogP contribution is 2.24. The number of aliphatic carboxylic acids is 1. The average molecular weight is 270 g/mol. The van der Waals surface area contributed by atoms with Crippen LogP contribution in [-0.2, 0) is 9.59 Å². The van der Waals surface area contributed by atoms with Crippen LogP contribution in [0, 0.1) is 5.92 Å². The zero-order chi connectivity index (χ0) is 14.5. The van der Waals surface area contributed by atoms with Crippen LogP contribution < -0.4 is 10.6 Å². The molecule has 1 rings (SSSR count). The lowest BCUT2D eigenvalue weighted by Crippen LogP contribution is -2.48. The summed E-state index contributed by atoms with van der Waals surface area (Å²) in [6.07, 6.45) is 3.97. The van der Waals surface area contributed by atoms with Crippen molar-refractivity contribution < 1.29 is 14.7 Å². The lowest BCUT2D eigenvalue weighted by molar-refractivity contribution is -0.143. The normalized spacial score (nSPS) is 23.9. The van der Waals surface area contributed by atoms with Gasteiger partial charge in [0.2, 0.25) is 5.91 Å². The molecule has 0 bridgehead atoms. The van der Waals surface area contributed by atoms with E-state index in [2.05, 4.69) is 10.6 Å². The van der Waals surface area contributed by atoms with Gasteiger partial charge in [-0.2, -0.15) is 0 Å². The molecule has 0 aromatic heterocycles. The second-order valence-electron chi connectivity index (χ2n) is 6.05. The van der Waals surface area contributed by atoms with Crippen molar-refractivity contribution in [2.24, 2.45) is 5.92 Å². The van der Waals surface area contributed by atoms with E-state index in [0.717, 1.165) is 19.3 Å². The molecular weight excluding hydrogens is 244 g/mol. The molecule has 5 heteroatoms. The number of hydrogen-bond donors (Lipinski definition) is 3. The van der Waals surface area contributed by atoms with Gasteiger partial charge in [-0.3, -0.25) is 9.59 Å². The minimum absolute atomic E-state index is 0.00667. The van der Waals surface area contributed by atoms with Gasteiger partial charge in [-0.15, -0.1) is 0 Å². The van der Waals surface area contributed by atoms with Crippen LogP contribution in [0.3, 0.4) is 0 Å². The third-order valence-corrected chi connectivity index (χ3v) is 3.99. The van der Waals surface area contributed by atoms with Gasteiger partial charge in [0.1, 0.15) is 0 Å². The molecule has 1 aliphatic rings. The summed E-state index contributed by atoms with van der Waals surface area (Å²) in [5.41, 5.74) is -0.167. The Hall–Kier alpha value is -1.10. The maximum atomic E-state index is 11.8. The van der Waals surface area contributed by atoms with E-state index in [1.54, 1.807) is 0 Å². The fourth-order valence-electron chi connectivity index (χ4n) is 2.29. The van der Waals surface area contributed by atoms with Crippen LogP contribution in [0.15, 0.2) is 0 Å². The van der Waals surface area contributed by atoms with Gasteiger partial charge in [-0.05, 0) is 46.0 Å². The molecule has 0 aromatic rings. The first-order chi connectivity index (χ1) is 8.84. The molecule has 1 saturated carbocycles. The molecule has 19 heavy (non-hydrogen) atoms. The zero-order valence-corrected chi connectivity index (χ0v) is 12.2. The molecule has 5 nitrogen and oxygen atoms in total. The number of carbonyl (C=O) groups excluding carboxylic acids is 1. The van der Waals surface area contributed by atoms with E-state index >= 15 is 0 Å². The number of rotatable bonds is 6. The molecule has 3 N–H and O–H groups in total. The topological polar surface area (TPSA) is 78.4 Å². The lowest BCUT2D eigenvalue weighted by Gasteiger charge is -2.28. The van der Waals surface area contributed by atoms with Crippen LogP contribution in [0.1, 0.15) is 52.9 Å². The average Bonchev–Trinajstić information content (AvgIpc) is 2.36. The van der Waals surface area contributed by atoms with Gasteiger partial charge >= 0.3 is 5.97 Å². The maximum absolute atomic E-state index is 11.8. The summed E-state index contributed by atoms with van der Waals surface area (Å²) >= 11 is 0. The van der Waals surface area contributed by atoms with E-state index in [4.69, 9.17) is 5.11 Å². The van der Waals surface area contributed by atoms with Crippen LogP contribution in [0.4, 0.5) is 0 Å². The predicted octanol–water partition coefficient (Wildman–Crippen LogP) is 1.52. The van der Waals surface area contributed by atoms with Gasteiger partial charge < -0.3 is 15.7 Å². The van der Waals surface area contributed by atoms with E-state index in [1.807, 2.05) is 20.8 Å². The van der Waals surface area contributed by atoms with Crippen molar-refractivity contribution in [2.45, 2.75) is 64.5 Å². The highest BCUT2D eigenvalue weighted by atomic mass is 16.4. The van der Waals surface area contributed by atoms with E-state index in [-0.39, 0.29) is 23.4 Å². The molecular formula is C14H26N2O3. The largest absolute Gasteiger partial charge is 0.481 e. The summed E-state index contributed by atoms with van der Waals surface area (Å²) in [7, 11) is 0. The molecule has 0 radical (unpaired) electrons. The maximum Gasteiger partial charge on any atom is 0.306 e. The summed E-state index contributed by atoms with van der Waals surface area (Å²) in [5, 5.41) is 15.1. The van der Waals surface area contributed by atoms with Crippen LogP contribution >= 0.6 is 0 Å². The number of carboxylic acid groups (broad SMARTS) is 1. The smallest absolute Gasteiger partial charge is 0.306 e. The fourth-order valence-corrected chi connectivity index (χ4v) is 2.29. The number of carboxylic acids is 1. The summed E-state index contributed by atoms with van der Waals surface area (Å²) in [4.78, 5) is 22.6. The summed E-state index contributed by atoms with van der Waals surface area (Å²) in [6.45, 7) is 6.36. The first-order valence-electron chi connectivity index (χ1n) is 7.11. The second kappa shape index (κ2) is 6.89. The zero-order valence-electron chi connectivity index (χ0n) is 12.2. The van der Waals surface area contributed by atoms with Crippen LogP contribution in [-0.4, -0.2) is 35.1 Å². The Morgan fingerprint density at radius 2 is 1.79 bits per heavy atom. The number of hydrogen-bond acceptors (Lipinski definition) is 3. The van der Waals surface area contributed by atoms with E-state index < -0.39 is 5.97 Å². The lowest BCUT2D eigenvalue weighted by atomic mass is 9.86. The Bertz CT molecular complexity index is 321. The van der Waals surface area contributed by atoms with Crippen LogP contribution in [0.5, 0.6) is 0 Å². The first kappa shape index (κ1) is 16.0. The standard InChI is InChI=1S/C14H26N2O3/c1-4-14(2,3)16-12(17)9-15-11-7-5-10(6-8-11)13(18)19/h10-11,15H,4-9H2,1-3H3,(H,16,17)(H,18,19). The molecule has 0 spiro atoms. The van der Waals surface area contributed by atoms with Crippen molar-refractivity contribution in [3.63, 3.8) is 0 Å². The number of amides is 1. The Morgan fingerprint density at radius 3 is 2.26 bits per heavy atom. The van der Waals surface area contributed by atoms with Gasteiger partial charge in [-0.1, -0.05) is 6.92 Å². The third kappa shape index (κ3) is 5.59. The van der Waals surface area contributed by atoms with Gasteiger partial charge in [0.15, 0.2) is 0 Å². The summed E-state index contributed by atoms with van der Waals surface area (Å²) in [6, 6.07) is 0.270. The third-order valence-electron chi connectivity index (χ3n) is 3.99. The monoisotopic (exact) mass is 270 g/mol. The Morgan fingerprint density at radius 1 is 1.21 bits per heavy atom.